The molecule has 0 aliphatic rings. The maximum Gasteiger partial charge on any atom is 0.115 e. The highest BCUT2D eigenvalue weighted by atomic mass is 16.3. The van der Waals surface area contributed by atoms with Crippen molar-refractivity contribution in [2.24, 2.45) is 10.2 Å². The molecule has 0 aromatic heterocycles. The van der Waals surface area contributed by atoms with Crippen molar-refractivity contribution in [3.63, 3.8) is 0 Å². The molecule has 18 heavy (non-hydrogen) atoms. The van der Waals surface area contributed by atoms with Gasteiger partial charge in [-0.3, -0.25) is 0 Å². The number of aromatic hydroxyl groups is 1. The lowest BCUT2D eigenvalue weighted by Gasteiger charge is -2.11. The summed E-state index contributed by atoms with van der Waals surface area (Å²) in [6.45, 7) is 0. The first kappa shape index (κ1) is 12.1. The fraction of sp³-hybridized carbons (Fsp3) is 0.143. The van der Waals surface area contributed by atoms with E-state index in [0.717, 1.165) is 11.4 Å². The van der Waals surface area contributed by atoms with Crippen LogP contribution in [0.1, 0.15) is 0 Å². The Balaban J connectivity index is 2.11. The van der Waals surface area contributed by atoms with Gasteiger partial charge in [-0.15, -0.1) is 0 Å². The maximum atomic E-state index is 9.15. The molecular weight excluding hydrogens is 226 g/mol. The topological polar surface area (TPSA) is 48.2 Å². The summed E-state index contributed by atoms with van der Waals surface area (Å²) in [6, 6.07) is 14.4. The van der Waals surface area contributed by atoms with Crippen LogP contribution in [0.15, 0.2) is 58.8 Å². The van der Waals surface area contributed by atoms with Gasteiger partial charge in [0.05, 0.1) is 11.4 Å². The van der Waals surface area contributed by atoms with Crippen LogP contribution in [0.5, 0.6) is 5.75 Å². The predicted molar refractivity (Wildman–Crippen MR) is 73.1 cm³/mol. The first-order chi connectivity index (χ1) is 8.65. The molecule has 0 fully saturated rings. The smallest absolute Gasteiger partial charge is 0.115 e. The summed E-state index contributed by atoms with van der Waals surface area (Å²) < 4.78 is 0. The summed E-state index contributed by atoms with van der Waals surface area (Å²) in [5.74, 6) is 0.226. The first-order valence-electron chi connectivity index (χ1n) is 5.63. The van der Waals surface area contributed by atoms with E-state index in [1.165, 1.54) is 0 Å². The molecule has 1 N–H and O–H groups in total. The molecule has 0 heterocycles. The molecule has 0 spiro atoms. The van der Waals surface area contributed by atoms with Gasteiger partial charge in [-0.2, -0.15) is 10.2 Å². The Hall–Kier alpha value is -2.36. The van der Waals surface area contributed by atoms with E-state index in [0.29, 0.717) is 5.69 Å². The van der Waals surface area contributed by atoms with Crippen molar-refractivity contribution in [3.8, 4) is 5.75 Å². The standard InChI is InChI=1S/C14H15N3O/c1-17(2)13-7-3-11(4-8-13)15-16-12-5-9-14(18)10-6-12/h3-10,18H,1-2H3. The van der Waals surface area contributed by atoms with Crippen molar-refractivity contribution in [1.82, 2.24) is 0 Å². The largest absolute Gasteiger partial charge is 0.508 e. The normalized spacial score (nSPS) is 10.8. The minimum atomic E-state index is 0.226. The van der Waals surface area contributed by atoms with Gasteiger partial charge in [0.2, 0.25) is 0 Å². The van der Waals surface area contributed by atoms with Gasteiger partial charge in [0.1, 0.15) is 5.75 Å². The summed E-state index contributed by atoms with van der Waals surface area (Å²) in [5, 5.41) is 17.4. The van der Waals surface area contributed by atoms with Gasteiger partial charge < -0.3 is 10.0 Å². The second-order valence-electron chi connectivity index (χ2n) is 4.13. The fourth-order valence-corrected chi connectivity index (χ4v) is 1.45. The Labute approximate surface area is 106 Å². The van der Waals surface area contributed by atoms with Crippen molar-refractivity contribution < 1.29 is 5.11 Å². The molecule has 2 aromatic rings. The zero-order valence-electron chi connectivity index (χ0n) is 10.4. The summed E-state index contributed by atoms with van der Waals surface area (Å²) >= 11 is 0. The van der Waals surface area contributed by atoms with Crippen LogP contribution in [-0.4, -0.2) is 19.2 Å². The van der Waals surface area contributed by atoms with Crippen molar-refractivity contribution in [2.45, 2.75) is 0 Å². The molecule has 0 aliphatic carbocycles. The Morgan fingerprint density at radius 3 is 1.67 bits per heavy atom. The summed E-state index contributed by atoms with van der Waals surface area (Å²) in [4.78, 5) is 2.03. The van der Waals surface area contributed by atoms with Gasteiger partial charge in [0.25, 0.3) is 0 Å². The van der Waals surface area contributed by atoms with E-state index in [9.17, 15) is 0 Å². The molecule has 0 atom stereocenters. The summed E-state index contributed by atoms with van der Waals surface area (Å²) in [5.41, 5.74) is 2.64. The van der Waals surface area contributed by atoms with Crippen molar-refractivity contribution in [1.29, 1.82) is 0 Å². The van der Waals surface area contributed by atoms with Gasteiger partial charge in [-0.05, 0) is 48.5 Å². The van der Waals surface area contributed by atoms with E-state index < -0.39 is 0 Å². The van der Waals surface area contributed by atoms with Crippen LogP contribution in [0, 0.1) is 0 Å². The molecule has 0 aliphatic heterocycles. The van der Waals surface area contributed by atoms with Crippen LogP contribution in [0.4, 0.5) is 17.1 Å². The lowest BCUT2D eigenvalue weighted by Crippen LogP contribution is -2.07. The Morgan fingerprint density at radius 1 is 0.778 bits per heavy atom. The molecule has 92 valence electrons. The second kappa shape index (κ2) is 5.31. The molecule has 4 heteroatoms. The van der Waals surface area contributed by atoms with Crippen LogP contribution < -0.4 is 4.90 Å². The highest BCUT2D eigenvalue weighted by molar-refractivity contribution is 5.52. The Bertz CT molecular complexity index is 530. The molecule has 0 saturated heterocycles. The first-order valence-corrected chi connectivity index (χ1v) is 5.63. The number of benzene rings is 2. The number of azo groups is 1. The third-order valence-corrected chi connectivity index (χ3v) is 2.50. The number of rotatable bonds is 3. The van der Waals surface area contributed by atoms with Crippen LogP contribution in [0.3, 0.4) is 0 Å². The molecule has 0 unspecified atom stereocenters. The number of phenols is 1. The van der Waals surface area contributed by atoms with E-state index >= 15 is 0 Å². The van der Waals surface area contributed by atoms with Gasteiger partial charge in [-0.1, -0.05) is 0 Å². The average molecular weight is 241 g/mol. The van der Waals surface area contributed by atoms with Crippen molar-refractivity contribution in [3.05, 3.63) is 48.5 Å². The highest BCUT2D eigenvalue weighted by Gasteiger charge is 1.95. The molecule has 2 aromatic carbocycles. The fourth-order valence-electron chi connectivity index (χ4n) is 1.45. The van der Waals surface area contributed by atoms with Crippen LogP contribution in [-0.2, 0) is 0 Å². The minimum Gasteiger partial charge on any atom is -0.508 e. The quantitative estimate of drug-likeness (QED) is 0.829. The molecule has 4 nitrogen and oxygen atoms in total. The molecule has 0 radical (unpaired) electrons. The van der Waals surface area contributed by atoms with Crippen molar-refractivity contribution >= 4 is 17.1 Å². The molecule has 0 bridgehead atoms. The van der Waals surface area contributed by atoms with Crippen LogP contribution >= 0.6 is 0 Å². The molecule has 0 saturated carbocycles. The van der Waals surface area contributed by atoms with E-state index in [1.54, 1.807) is 24.3 Å². The number of phenolic OH excluding ortho intramolecular Hbond substituents is 1. The van der Waals surface area contributed by atoms with Gasteiger partial charge in [-0.25, -0.2) is 0 Å². The van der Waals surface area contributed by atoms with Gasteiger partial charge in [0, 0.05) is 19.8 Å². The van der Waals surface area contributed by atoms with Crippen LogP contribution in [0.25, 0.3) is 0 Å². The van der Waals surface area contributed by atoms with E-state index in [4.69, 9.17) is 5.11 Å². The van der Waals surface area contributed by atoms with E-state index in [-0.39, 0.29) is 5.75 Å². The monoisotopic (exact) mass is 241 g/mol. The van der Waals surface area contributed by atoms with E-state index in [1.807, 2.05) is 43.3 Å². The zero-order valence-corrected chi connectivity index (χ0v) is 10.4. The lowest BCUT2D eigenvalue weighted by molar-refractivity contribution is 0.475. The lowest BCUT2D eigenvalue weighted by atomic mass is 10.3. The van der Waals surface area contributed by atoms with Crippen molar-refractivity contribution in [2.75, 3.05) is 19.0 Å². The third-order valence-electron chi connectivity index (χ3n) is 2.50. The number of nitrogens with zero attached hydrogens (tertiary/aromatic N) is 3. The predicted octanol–water partition coefficient (Wildman–Crippen LogP) is 3.87. The van der Waals surface area contributed by atoms with Gasteiger partial charge >= 0.3 is 0 Å². The third kappa shape index (κ3) is 3.07. The zero-order chi connectivity index (χ0) is 13.0. The molecule has 2 rings (SSSR count). The molecular formula is C14H15N3O. The number of hydrogen-bond donors (Lipinski definition) is 1. The SMILES string of the molecule is CN(C)c1ccc(N=Nc2ccc(O)cc2)cc1. The number of hydrogen-bond acceptors (Lipinski definition) is 4. The van der Waals surface area contributed by atoms with E-state index in [2.05, 4.69) is 10.2 Å². The van der Waals surface area contributed by atoms with Gasteiger partial charge in [0.15, 0.2) is 0 Å². The average Bonchev–Trinajstić information content (AvgIpc) is 2.38. The highest BCUT2D eigenvalue weighted by Crippen LogP contribution is 2.22. The number of anilines is 1. The summed E-state index contributed by atoms with van der Waals surface area (Å²) in [6.07, 6.45) is 0. The Kier molecular flexibility index (Phi) is 3.57. The molecule has 0 amide bonds. The maximum absolute atomic E-state index is 9.15. The Morgan fingerprint density at radius 2 is 1.22 bits per heavy atom. The summed E-state index contributed by atoms with van der Waals surface area (Å²) in [7, 11) is 3.99. The minimum absolute atomic E-state index is 0.226. The van der Waals surface area contributed by atoms with Crippen LogP contribution in [0.2, 0.25) is 0 Å². The second-order valence-corrected chi connectivity index (χ2v) is 4.13.